The molecule has 0 aliphatic carbocycles. The Labute approximate surface area is 167 Å². The third-order valence-electron chi connectivity index (χ3n) is 4.00. The summed E-state index contributed by atoms with van der Waals surface area (Å²) >= 11 is 0. The largest absolute Gasteiger partial charge is 0.494 e. The normalized spacial score (nSPS) is 10.1. The molecule has 3 rings (SSSR count). The van der Waals surface area contributed by atoms with Gasteiger partial charge in [0.1, 0.15) is 18.1 Å². The quantitative estimate of drug-likeness (QED) is 0.487. The van der Waals surface area contributed by atoms with Gasteiger partial charge in [0.15, 0.2) is 0 Å². The summed E-state index contributed by atoms with van der Waals surface area (Å²) in [6.07, 6.45) is 0.971. The zero-order valence-corrected chi connectivity index (χ0v) is 16.2. The van der Waals surface area contributed by atoms with Crippen LogP contribution in [-0.2, 0) is 0 Å². The van der Waals surface area contributed by atoms with Crippen LogP contribution in [0.5, 0.6) is 11.5 Å². The van der Waals surface area contributed by atoms with Crippen LogP contribution in [0.4, 0.5) is 0 Å². The first-order valence-corrected chi connectivity index (χ1v) is 9.09. The molecular formula is C23H26ClNO2. The number of rotatable bonds is 10. The number of hydrogen-bond acceptors (Lipinski definition) is 3. The van der Waals surface area contributed by atoms with Crippen molar-refractivity contribution in [1.82, 2.24) is 5.32 Å². The van der Waals surface area contributed by atoms with Crippen molar-refractivity contribution in [3.63, 3.8) is 0 Å². The van der Waals surface area contributed by atoms with Gasteiger partial charge in [-0.2, -0.15) is 0 Å². The maximum absolute atomic E-state index is 5.85. The summed E-state index contributed by atoms with van der Waals surface area (Å²) in [6.45, 7) is 3.11. The van der Waals surface area contributed by atoms with Gasteiger partial charge in [0, 0.05) is 6.54 Å². The average Bonchev–Trinajstić information content (AvgIpc) is 2.72. The van der Waals surface area contributed by atoms with Gasteiger partial charge in [-0.25, -0.2) is 0 Å². The molecule has 142 valence electrons. The second-order valence-corrected chi connectivity index (χ2v) is 6.01. The van der Waals surface area contributed by atoms with Crippen LogP contribution in [0.15, 0.2) is 84.9 Å². The van der Waals surface area contributed by atoms with Gasteiger partial charge < -0.3 is 14.8 Å². The van der Waals surface area contributed by atoms with E-state index >= 15 is 0 Å². The van der Waals surface area contributed by atoms with Crippen molar-refractivity contribution < 1.29 is 9.47 Å². The van der Waals surface area contributed by atoms with E-state index in [-0.39, 0.29) is 12.4 Å². The Kier molecular flexibility index (Phi) is 9.25. The molecule has 4 heteroatoms. The Hall–Kier alpha value is -2.49. The van der Waals surface area contributed by atoms with E-state index in [0.29, 0.717) is 6.61 Å². The molecule has 0 fully saturated rings. The number of benzene rings is 3. The molecule has 0 unspecified atom stereocenters. The summed E-state index contributed by atoms with van der Waals surface area (Å²) in [6, 6.07) is 28.5. The van der Waals surface area contributed by atoms with Crippen LogP contribution in [-0.4, -0.2) is 26.3 Å². The summed E-state index contributed by atoms with van der Waals surface area (Å²) in [5.74, 6) is 1.83. The highest BCUT2D eigenvalue weighted by atomic mass is 35.5. The molecule has 3 aromatic rings. The Morgan fingerprint density at radius 2 is 1.22 bits per heavy atom. The lowest BCUT2D eigenvalue weighted by atomic mass is 10.1. The standard InChI is InChI=1S/C23H25NO2.ClH/c1-3-9-20(10-4-1)21-11-7-14-23(19-21)26-18-16-24-15-8-17-25-22-12-5-2-6-13-22;/h1-7,9-14,19,24H,8,15-18H2;1H. The Balaban J connectivity index is 0.00000261. The Bertz CT molecular complexity index is 766. The Morgan fingerprint density at radius 1 is 0.593 bits per heavy atom. The van der Waals surface area contributed by atoms with Crippen LogP contribution in [0.2, 0.25) is 0 Å². The maximum Gasteiger partial charge on any atom is 0.119 e. The number of para-hydroxylation sites is 1. The monoisotopic (exact) mass is 383 g/mol. The minimum Gasteiger partial charge on any atom is -0.494 e. The predicted octanol–water partition coefficient (Wildman–Crippen LogP) is 5.21. The molecule has 0 atom stereocenters. The lowest BCUT2D eigenvalue weighted by Crippen LogP contribution is -2.23. The molecule has 0 heterocycles. The van der Waals surface area contributed by atoms with E-state index in [1.54, 1.807) is 0 Å². The van der Waals surface area contributed by atoms with Gasteiger partial charge in [0.05, 0.1) is 6.61 Å². The number of ether oxygens (including phenoxy) is 2. The molecule has 0 spiro atoms. The van der Waals surface area contributed by atoms with E-state index in [0.717, 1.165) is 37.6 Å². The fourth-order valence-electron chi connectivity index (χ4n) is 2.67. The van der Waals surface area contributed by atoms with Gasteiger partial charge >= 0.3 is 0 Å². The number of hydrogen-bond donors (Lipinski definition) is 1. The van der Waals surface area contributed by atoms with Crippen molar-refractivity contribution in [2.24, 2.45) is 0 Å². The summed E-state index contributed by atoms with van der Waals surface area (Å²) in [5, 5.41) is 3.38. The summed E-state index contributed by atoms with van der Waals surface area (Å²) in [4.78, 5) is 0. The fourth-order valence-corrected chi connectivity index (χ4v) is 2.67. The SMILES string of the molecule is Cl.c1ccc(OCCCNCCOc2cccc(-c3ccccc3)c2)cc1. The molecule has 0 amide bonds. The molecule has 0 aromatic heterocycles. The average molecular weight is 384 g/mol. The highest BCUT2D eigenvalue weighted by Gasteiger charge is 1.99. The van der Waals surface area contributed by atoms with E-state index in [9.17, 15) is 0 Å². The molecule has 0 aliphatic heterocycles. The van der Waals surface area contributed by atoms with Gasteiger partial charge in [-0.05, 0) is 48.4 Å². The third kappa shape index (κ3) is 7.33. The van der Waals surface area contributed by atoms with Crippen molar-refractivity contribution >= 4 is 12.4 Å². The predicted molar refractivity (Wildman–Crippen MR) is 114 cm³/mol. The van der Waals surface area contributed by atoms with Gasteiger partial charge in [-0.1, -0.05) is 60.7 Å². The molecule has 0 saturated carbocycles. The van der Waals surface area contributed by atoms with Gasteiger partial charge in [-0.15, -0.1) is 12.4 Å². The van der Waals surface area contributed by atoms with E-state index in [2.05, 4.69) is 29.6 Å². The van der Waals surface area contributed by atoms with Gasteiger partial charge in [0.25, 0.3) is 0 Å². The van der Waals surface area contributed by atoms with E-state index in [1.807, 2.05) is 60.7 Å². The highest BCUT2D eigenvalue weighted by Crippen LogP contribution is 2.23. The molecule has 0 aliphatic rings. The second-order valence-electron chi connectivity index (χ2n) is 6.01. The van der Waals surface area contributed by atoms with Crippen LogP contribution >= 0.6 is 12.4 Å². The van der Waals surface area contributed by atoms with Crippen LogP contribution in [0, 0.1) is 0 Å². The molecule has 0 saturated heterocycles. The van der Waals surface area contributed by atoms with Crippen LogP contribution in [0.3, 0.4) is 0 Å². The van der Waals surface area contributed by atoms with Crippen LogP contribution in [0.1, 0.15) is 6.42 Å². The molecule has 1 N–H and O–H groups in total. The number of halogens is 1. The summed E-state index contributed by atoms with van der Waals surface area (Å²) < 4.78 is 11.5. The third-order valence-corrected chi connectivity index (χ3v) is 4.00. The lowest BCUT2D eigenvalue weighted by molar-refractivity contribution is 0.294. The van der Waals surface area contributed by atoms with Crippen molar-refractivity contribution in [3.8, 4) is 22.6 Å². The maximum atomic E-state index is 5.85. The van der Waals surface area contributed by atoms with Crippen LogP contribution < -0.4 is 14.8 Å². The van der Waals surface area contributed by atoms with Crippen molar-refractivity contribution in [2.75, 3.05) is 26.3 Å². The Morgan fingerprint density at radius 3 is 2.00 bits per heavy atom. The topological polar surface area (TPSA) is 30.5 Å². The van der Waals surface area contributed by atoms with E-state index < -0.39 is 0 Å². The fraction of sp³-hybridized carbons (Fsp3) is 0.217. The molecular weight excluding hydrogens is 358 g/mol. The summed E-state index contributed by atoms with van der Waals surface area (Å²) in [5.41, 5.74) is 2.38. The number of nitrogens with one attached hydrogen (secondary N) is 1. The van der Waals surface area contributed by atoms with Crippen molar-refractivity contribution in [3.05, 3.63) is 84.9 Å². The first-order chi connectivity index (χ1) is 12.9. The van der Waals surface area contributed by atoms with Gasteiger partial charge in [-0.3, -0.25) is 0 Å². The molecule has 0 bridgehead atoms. The van der Waals surface area contributed by atoms with E-state index in [4.69, 9.17) is 9.47 Å². The minimum absolute atomic E-state index is 0. The minimum atomic E-state index is 0. The van der Waals surface area contributed by atoms with Crippen molar-refractivity contribution in [2.45, 2.75) is 6.42 Å². The molecule has 0 radical (unpaired) electrons. The highest BCUT2D eigenvalue weighted by molar-refractivity contribution is 5.85. The zero-order valence-electron chi connectivity index (χ0n) is 15.3. The molecule has 3 aromatic carbocycles. The second kappa shape index (κ2) is 12.0. The van der Waals surface area contributed by atoms with Crippen LogP contribution in [0.25, 0.3) is 11.1 Å². The van der Waals surface area contributed by atoms with Gasteiger partial charge in [0.2, 0.25) is 0 Å². The molecule has 27 heavy (non-hydrogen) atoms. The smallest absolute Gasteiger partial charge is 0.119 e. The lowest BCUT2D eigenvalue weighted by Gasteiger charge is -2.10. The molecule has 3 nitrogen and oxygen atoms in total. The van der Waals surface area contributed by atoms with Crippen molar-refractivity contribution in [1.29, 1.82) is 0 Å². The summed E-state index contributed by atoms with van der Waals surface area (Å²) in [7, 11) is 0. The first kappa shape index (κ1) is 20.8. The van der Waals surface area contributed by atoms with E-state index in [1.165, 1.54) is 11.1 Å². The first-order valence-electron chi connectivity index (χ1n) is 9.09. The zero-order chi connectivity index (χ0) is 17.9.